The van der Waals surface area contributed by atoms with Crippen molar-refractivity contribution in [3.05, 3.63) is 53.1 Å². The lowest BCUT2D eigenvalue weighted by atomic mass is 10.0. The average Bonchev–Trinajstić information content (AvgIpc) is 2.28. The van der Waals surface area contributed by atoms with Crippen LogP contribution in [0.4, 0.5) is 0 Å². The molecule has 0 amide bonds. The number of carbonyl (C=O) groups excluding carboxylic acids is 1. The highest BCUT2D eigenvalue weighted by atomic mass is 35.5. The van der Waals surface area contributed by atoms with Crippen LogP contribution in [-0.4, -0.2) is 10.9 Å². The van der Waals surface area contributed by atoms with Gasteiger partial charge in [0.2, 0.25) is 0 Å². The van der Waals surface area contributed by atoms with Crippen LogP contribution in [0.5, 0.6) is 5.75 Å². The molecule has 0 aliphatic rings. The monoisotopic (exact) mass is 246 g/mol. The van der Waals surface area contributed by atoms with E-state index in [2.05, 4.69) is 0 Å². The van der Waals surface area contributed by atoms with Gasteiger partial charge in [-0.15, -0.1) is 0 Å². The van der Waals surface area contributed by atoms with Crippen LogP contribution >= 0.6 is 11.6 Å². The molecule has 0 heterocycles. The molecule has 2 rings (SSSR count). The number of carbonyl (C=O) groups is 1. The van der Waals surface area contributed by atoms with Crippen molar-refractivity contribution in [1.29, 1.82) is 0 Å². The molecule has 0 saturated heterocycles. The Labute approximate surface area is 104 Å². The van der Waals surface area contributed by atoms with Gasteiger partial charge in [0, 0.05) is 10.6 Å². The van der Waals surface area contributed by atoms with Crippen molar-refractivity contribution < 1.29 is 9.90 Å². The van der Waals surface area contributed by atoms with Crippen LogP contribution in [0.15, 0.2) is 42.5 Å². The van der Waals surface area contributed by atoms with Crippen LogP contribution in [0.3, 0.4) is 0 Å². The summed E-state index contributed by atoms with van der Waals surface area (Å²) in [6.07, 6.45) is 0. The highest BCUT2D eigenvalue weighted by Crippen LogP contribution is 2.28. The number of Topliss-reactive ketones (excluding diaryl/α,β-unsaturated/α-hetero) is 1. The van der Waals surface area contributed by atoms with E-state index in [9.17, 15) is 9.90 Å². The highest BCUT2D eigenvalue weighted by Gasteiger charge is 2.04. The molecule has 0 bridgehead atoms. The fraction of sp³-hybridized carbons (Fsp3) is 0.0714. The van der Waals surface area contributed by atoms with Gasteiger partial charge in [-0.3, -0.25) is 4.79 Å². The second-order valence-corrected chi connectivity index (χ2v) is 4.27. The van der Waals surface area contributed by atoms with Gasteiger partial charge in [-0.05, 0) is 42.3 Å². The van der Waals surface area contributed by atoms with Gasteiger partial charge < -0.3 is 5.11 Å². The third kappa shape index (κ3) is 2.66. The van der Waals surface area contributed by atoms with E-state index >= 15 is 0 Å². The smallest absolute Gasteiger partial charge is 0.159 e. The molecule has 0 spiro atoms. The van der Waals surface area contributed by atoms with E-state index in [-0.39, 0.29) is 11.5 Å². The van der Waals surface area contributed by atoms with E-state index in [1.54, 1.807) is 24.3 Å². The van der Waals surface area contributed by atoms with Gasteiger partial charge in [-0.25, -0.2) is 0 Å². The summed E-state index contributed by atoms with van der Waals surface area (Å²) < 4.78 is 0. The van der Waals surface area contributed by atoms with Gasteiger partial charge in [0.05, 0.1) is 0 Å². The largest absolute Gasteiger partial charge is 0.508 e. The Bertz CT molecular complexity index is 556. The first-order chi connectivity index (χ1) is 8.06. The van der Waals surface area contributed by atoms with Crippen molar-refractivity contribution in [1.82, 2.24) is 0 Å². The van der Waals surface area contributed by atoms with Crippen molar-refractivity contribution in [3.8, 4) is 16.9 Å². The zero-order chi connectivity index (χ0) is 12.4. The van der Waals surface area contributed by atoms with Gasteiger partial charge in [0.1, 0.15) is 5.75 Å². The molecule has 2 aromatic carbocycles. The Balaban J connectivity index is 2.52. The van der Waals surface area contributed by atoms with Gasteiger partial charge in [0.25, 0.3) is 0 Å². The zero-order valence-corrected chi connectivity index (χ0v) is 10.0. The molecule has 1 N–H and O–H groups in total. The lowest BCUT2D eigenvalue weighted by Crippen LogP contribution is -1.91. The SMILES string of the molecule is CC(=O)c1cccc(-c2cc(O)cc(Cl)c2)c1. The molecule has 0 saturated carbocycles. The van der Waals surface area contributed by atoms with E-state index in [4.69, 9.17) is 11.6 Å². The van der Waals surface area contributed by atoms with Crippen molar-refractivity contribution in [3.63, 3.8) is 0 Å². The molecular formula is C14H11ClO2. The maximum Gasteiger partial charge on any atom is 0.159 e. The standard InChI is InChI=1S/C14H11ClO2/c1-9(16)10-3-2-4-11(5-10)12-6-13(15)8-14(17)7-12/h2-8,17H,1H3. The van der Waals surface area contributed by atoms with Crippen LogP contribution in [0.25, 0.3) is 11.1 Å². The summed E-state index contributed by atoms with van der Waals surface area (Å²) >= 11 is 5.88. The normalized spacial score (nSPS) is 10.2. The number of aromatic hydroxyl groups is 1. The maximum atomic E-state index is 11.3. The summed E-state index contributed by atoms with van der Waals surface area (Å²) in [5.74, 6) is 0.124. The number of hydrogen-bond acceptors (Lipinski definition) is 2. The number of ketones is 1. The molecule has 0 fully saturated rings. The highest BCUT2D eigenvalue weighted by molar-refractivity contribution is 6.31. The van der Waals surface area contributed by atoms with Crippen LogP contribution in [0.2, 0.25) is 5.02 Å². The van der Waals surface area contributed by atoms with Crippen molar-refractivity contribution in [2.45, 2.75) is 6.92 Å². The molecule has 2 nitrogen and oxygen atoms in total. The van der Waals surface area contributed by atoms with E-state index in [1.807, 2.05) is 12.1 Å². The minimum absolute atomic E-state index is 0.0121. The van der Waals surface area contributed by atoms with Gasteiger partial charge >= 0.3 is 0 Å². The quantitative estimate of drug-likeness (QED) is 0.816. The molecule has 2 aromatic rings. The lowest BCUT2D eigenvalue weighted by molar-refractivity contribution is 0.101. The van der Waals surface area contributed by atoms with Crippen molar-refractivity contribution >= 4 is 17.4 Å². The molecule has 3 heteroatoms. The van der Waals surface area contributed by atoms with E-state index < -0.39 is 0 Å². The fourth-order valence-corrected chi connectivity index (χ4v) is 1.89. The number of phenolic OH excluding ortho intramolecular Hbond substituents is 1. The first-order valence-electron chi connectivity index (χ1n) is 5.17. The number of rotatable bonds is 2. The molecule has 0 aromatic heterocycles. The Morgan fingerprint density at radius 2 is 1.88 bits per heavy atom. The first-order valence-corrected chi connectivity index (χ1v) is 5.55. The van der Waals surface area contributed by atoms with Gasteiger partial charge in [-0.2, -0.15) is 0 Å². The Morgan fingerprint density at radius 3 is 2.53 bits per heavy atom. The molecular weight excluding hydrogens is 236 g/mol. The number of benzene rings is 2. The second kappa shape index (κ2) is 4.60. The summed E-state index contributed by atoms with van der Waals surface area (Å²) in [6.45, 7) is 1.52. The Kier molecular flexibility index (Phi) is 3.16. The van der Waals surface area contributed by atoms with Crippen LogP contribution < -0.4 is 0 Å². The van der Waals surface area contributed by atoms with Crippen molar-refractivity contribution in [2.75, 3.05) is 0 Å². The summed E-state index contributed by atoms with van der Waals surface area (Å²) in [7, 11) is 0. The molecule has 0 aliphatic heterocycles. The Hall–Kier alpha value is -1.80. The minimum atomic E-state index is 0.0121. The summed E-state index contributed by atoms with van der Waals surface area (Å²) in [4.78, 5) is 11.3. The third-order valence-corrected chi connectivity index (χ3v) is 2.70. The Morgan fingerprint density at radius 1 is 1.12 bits per heavy atom. The van der Waals surface area contributed by atoms with Gasteiger partial charge in [-0.1, -0.05) is 29.8 Å². The minimum Gasteiger partial charge on any atom is -0.508 e. The zero-order valence-electron chi connectivity index (χ0n) is 9.27. The molecule has 86 valence electrons. The summed E-state index contributed by atoms with van der Waals surface area (Å²) in [6, 6.07) is 12.1. The number of hydrogen-bond donors (Lipinski definition) is 1. The first kappa shape index (κ1) is 11.7. The molecule has 0 aliphatic carbocycles. The maximum absolute atomic E-state index is 11.3. The predicted molar refractivity (Wildman–Crippen MR) is 68.6 cm³/mol. The molecule has 0 radical (unpaired) electrons. The molecule has 17 heavy (non-hydrogen) atoms. The van der Waals surface area contributed by atoms with E-state index in [1.165, 1.54) is 13.0 Å². The fourth-order valence-electron chi connectivity index (χ4n) is 1.66. The van der Waals surface area contributed by atoms with E-state index in [0.717, 1.165) is 11.1 Å². The topological polar surface area (TPSA) is 37.3 Å². The lowest BCUT2D eigenvalue weighted by Gasteiger charge is -2.05. The van der Waals surface area contributed by atoms with Gasteiger partial charge in [0.15, 0.2) is 5.78 Å². The average molecular weight is 247 g/mol. The van der Waals surface area contributed by atoms with Crippen LogP contribution in [0, 0.1) is 0 Å². The third-order valence-electron chi connectivity index (χ3n) is 2.48. The molecule has 0 atom stereocenters. The van der Waals surface area contributed by atoms with E-state index in [0.29, 0.717) is 10.6 Å². The number of phenols is 1. The predicted octanol–water partition coefficient (Wildman–Crippen LogP) is 3.92. The summed E-state index contributed by atoms with van der Waals surface area (Å²) in [5.41, 5.74) is 2.29. The van der Waals surface area contributed by atoms with Crippen molar-refractivity contribution in [2.24, 2.45) is 0 Å². The summed E-state index contributed by atoms with van der Waals surface area (Å²) in [5, 5.41) is 9.95. The van der Waals surface area contributed by atoms with Crippen LogP contribution in [0.1, 0.15) is 17.3 Å². The molecule has 0 unspecified atom stereocenters. The second-order valence-electron chi connectivity index (χ2n) is 3.84. The number of halogens is 1. The van der Waals surface area contributed by atoms with Crippen LogP contribution in [-0.2, 0) is 0 Å².